The fraction of sp³-hybridized carbons (Fsp3) is 0.423. The second kappa shape index (κ2) is 11.0. The highest BCUT2D eigenvalue weighted by molar-refractivity contribution is 8.00. The predicted octanol–water partition coefficient (Wildman–Crippen LogP) is 4.20. The van der Waals surface area contributed by atoms with Crippen molar-refractivity contribution in [3.05, 3.63) is 60.2 Å². The van der Waals surface area contributed by atoms with Gasteiger partial charge in [-0.25, -0.2) is 4.79 Å². The van der Waals surface area contributed by atoms with Crippen molar-refractivity contribution in [3.63, 3.8) is 0 Å². The van der Waals surface area contributed by atoms with E-state index in [-0.39, 0.29) is 24.1 Å². The Bertz CT molecular complexity index is 1020. The van der Waals surface area contributed by atoms with Gasteiger partial charge in [0, 0.05) is 28.2 Å². The van der Waals surface area contributed by atoms with Gasteiger partial charge in [0.1, 0.15) is 17.4 Å². The maximum atomic E-state index is 13.4. The number of likely N-dealkylation sites (tertiary alicyclic amines) is 1. The third-order valence-corrected chi connectivity index (χ3v) is 6.88. The van der Waals surface area contributed by atoms with Crippen LogP contribution < -0.4 is 4.74 Å². The second-order valence-corrected chi connectivity index (χ2v) is 10.3. The first-order valence-corrected chi connectivity index (χ1v) is 12.0. The van der Waals surface area contributed by atoms with Crippen LogP contribution in [0.1, 0.15) is 37.6 Å². The zero-order chi connectivity index (χ0) is 24.9. The van der Waals surface area contributed by atoms with E-state index >= 15 is 0 Å². The molecule has 0 bridgehead atoms. The molecule has 34 heavy (non-hydrogen) atoms. The van der Waals surface area contributed by atoms with Crippen LogP contribution in [0.25, 0.3) is 0 Å². The molecule has 3 atom stereocenters. The van der Waals surface area contributed by atoms with Crippen molar-refractivity contribution in [1.29, 1.82) is 0 Å². The molecule has 2 aromatic carbocycles. The van der Waals surface area contributed by atoms with E-state index in [1.165, 1.54) is 23.8 Å². The molecular weight excluding hydrogens is 454 g/mol. The van der Waals surface area contributed by atoms with Gasteiger partial charge in [0.2, 0.25) is 0 Å². The molecule has 3 rings (SSSR count). The van der Waals surface area contributed by atoms with Crippen molar-refractivity contribution < 1.29 is 28.6 Å². The zero-order valence-electron chi connectivity index (χ0n) is 20.1. The van der Waals surface area contributed by atoms with Gasteiger partial charge in [-0.1, -0.05) is 30.3 Å². The van der Waals surface area contributed by atoms with E-state index in [2.05, 4.69) is 0 Å². The molecule has 182 valence electrons. The molecule has 0 aromatic heterocycles. The summed E-state index contributed by atoms with van der Waals surface area (Å²) < 4.78 is 16.1. The summed E-state index contributed by atoms with van der Waals surface area (Å²) in [6, 6.07) is 15.4. The van der Waals surface area contributed by atoms with Crippen LogP contribution in [-0.2, 0) is 19.1 Å². The lowest BCUT2D eigenvalue weighted by atomic mass is 9.95. The quantitative estimate of drug-likeness (QED) is 0.544. The Balaban J connectivity index is 1.98. The van der Waals surface area contributed by atoms with Gasteiger partial charge >= 0.3 is 11.9 Å². The Morgan fingerprint density at radius 3 is 2.26 bits per heavy atom. The van der Waals surface area contributed by atoms with Crippen LogP contribution in [0.5, 0.6) is 5.75 Å². The number of rotatable bonds is 7. The van der Waals surface area contributed by atoms with Crippen LogP contribution in [0, 0.1) is 5.92 Å². The number of benzene rings is 2. The van der Waals surface area contributed by atoms with Gasteiger partial charge in [-0.05, 0) is 45.0 Å². The molecule has 0 N–H and O–H groups in total. The number of para-hydroxylation sites is 1. The van der Waals surface area contributed by atoms with Gasteiger partial charge in [0.05, 0.1) is 20.6 Å². The second-order valence-electron chi connectivity index (χ2n) is 9.05. The Morgan fingerprint density at radius 1 is 1.00 bits per heavy atom. The Morgan fingerprint density at radius 2 is 1.65 bits per heavy atom. The van der Waals surface area contributed by atoms with Crippen molar-refractivity contribution in [1.82, 2.24) is 4.90 Å². The van der Waals surface area contributed by atoms with Crippen LogP contribution >= 0.6 is 11.8 Å². The van der Waals surface area contributed by atoms with Crippen molar-refractivity contribution in [2.24, 2.45) is 5.92 Å². The van der Waals surface area contributed by atoms with Crippen molar-refractivity contribution in [2.75, 3.05) is 20.8 Å². The summed E-state index contributed by atoms with van der Waals surface area (Å²) in [5, 5.41) is -0.263. The van der Waals surface area contributed by atoms with Gasteiger partial charge in [0.15, 0.2) is 0 Å². The standard InChI is InChI=1S/C26H31NO6S/c1-26(2,3)33-22(28)15-18-21(34-20-14-10-9-13-19(20)31-4)16-27(23(18)25(30)32-5)24(29)17-11-7-6-8-12-17/h6-14,18,21,23H,15-16H2,1-5H3/t18-,21-,23-/m0/s1. The Kier molecular flexibility index (Phi) is 8.25. The normalized spacial score (nSPS) is 20.0. The number of methoxy groups -OCH3 is 2. The number of nitrogens with zero attached hydrogens (tertiary/aromatic N) is 1. The van der Waals surface area contributed by atoms with Crippen molar-refractivity contribution in [3.8, 4) is 5.75 Å². The Hall–Kier alpha value is -3.00. The van der Waals surface area contributed by atoms with E-state index in [4.69, 9.17) is 14.2 Å². The highest BCUT2D eigenvalue weighted by atomic mass is 32.2. The number of ether oxygens (including phenoxy) is 3. The largest absolute Gasteiger partial charge is 0.496 e. The molecule has 0 radical (unpaired) electrons. The number of thioether (sulfide) groups is 1. The van der Waals surface area contributed by atoms with Crippen LogP contribution in [-0.4, -0.2) is 60.4 Å². The van der Waals surface area contributed by atoms with Crippen molar-refractivity contribution in [2.45, 2.75) is 49.0 Å². The molecule has 8 heteroatoms. The summed E-state index contributed by atoms with van der Waals surface area (Å²) in [5.41, 5.74) is -0.197. The summed E-state index contributed by atoms with van der Waals surface area (Å²) in [6.45, 7) is 5.65. The van der Waals surface area contributed by atoms with E-state index in [0.29, 0.717) is 11.3 Å². The smallest absolute Gasteiger partial charge is 0.328 e. The lowest BCUT2D eigenvalue weighted by molar-refractivity contribution is -0.157. The van der Waals surface area contributed by atoms with E-state index in [9.17, 15) is 14.4 Å². The molecule has 7 nitrogen and oxygen atoms in total. The van der Waals surface area contributed by atoms with E-state index < -0.39 is 29.5 Å². The summed E-state index contributed by atoms with van der Waals surface area (Å²) in [5.74, 6) is -1.09. The minimum atomic E-state index is -0.919. The molecule has 1 heterocycles. The molecule has 0 spiro atoms. The number of hydrogen-bond acceptors (Lipinski definition) is 7. The lowest BCUT2D eigenvalue weighted by Crippen LogP contribution is -2.44. The van der Waals surface area contributed by atoms with Gasteiger partial charge < -0.3 is 19.1 Å². The average Bonchev–Trinajstić information content (AvgIpc) is 3.15. The van der Waals surface area contributed by atoms with Gasteiger partial charge in [-0.2, -0.15) is 0 Å². The fourth-order valence-electron chi connectivity index (χ4n) is 4.08. The first-order valence-electron chi connectivity index (χ1n) is 11.1. The highest BCUT2D eigenvalue weighted by Gasteiger charge is 2.50. The zero-order valence-corrected chi connectivity index (χ0v) is 21.0. The molecule has 0 aliphatic carbocycles. The van der Waals surface area contributed by atoms with Crippen LogP contribution in [0.15, 0.2) is 59.5 Å². The third-order valence-electron chi connectivity index (χ3n) is 5.49. The first-order chi connectivity index (χ1) is 16.1. The summed E-state index contributed by atoms with van der Waals surface area (Å²) in [7, 11) is 2.88. The summed E-state index contributed by atoms with van der Waals surface area (Å²) in [4.78, 5) is 41.6. The molecule has 1 amide bonds. The number of carbonyl (C=O) groups excluding carboxylic acids is 3. The van der Waals surface area contributed by atoms with E-state index in [0.717, 1.165) is 4.90 Å². The van der Waals surface area contributed by atoms with Crippen molar-refractivity contribution >= 4 is 29.6 Å². The van der Waals surface area contributed by atoms with Crippen LogP contribution in [0.3, 0.4) is 0 Å². The summed E-state index contributed by atoms with van der Waals surface area (Å²) in [6.07, 6.45) is -0.0254. The number of hydrogen-bond donors (Lipinski definition) is 0. The van der Waals surface area contributed by atoms with Crippen LogP contribution in [0.2, 0.25) is 0 Å². The maximum Gasteiger partial charge on any atom is 0.328 e. The first kappa shape index (κ1) is 25.6. The lowest BCUT2D eigenvalue weighted by Gasteiger charge is -2.27. The third kappa shape index (κ3) is 6.11. The monoisotopic (exact) mass is 485 g/mol. The number of esters is 2. The number of amides is 1. The predicted molar refractivity (Wildman–Crippen MR) is 130 cm³/mol. The maximum absolute atomic E-state index is 13.4. The van der Waals surface area contributed by atoms with E-state index in [1.54, 1.807) is 52.1 Å². The Labute approximate surface area is 204 Å². The molecule has 1 aliphatic heterocycles. The molecule has 1 saturated heterocycles. The molecule has 0 unspecified atom stereocenters. The molecule has 2 aromatic rings. The molecule has 1 aliphatic rings. The molecule has 0 saturated carbocycles. The molecular formula is C26H31NO6S. The van der Waals surface area contributed by atoms with Gasteiger partial charge in [-0.15, -0.1) is 11.8 Å². The highest BCUT2D eigenvalue weighted by Crippen LogP contribution is 2.43. The van der Waals surface area contributed by atoms with Gasteiger partial charge in [0.25, 0.3) is 5.91 Å². The fourth-order valence-corrected chi connectivity index (χ4v) is 5.48. The number of carbonyl (C=O) groups is 3. The molecule has 1 fully saturated rings. The van der Waals surface area contributed by atoms with Gasteiger partial charge in [-0.3, -0.25) is 9.59 Å². The topological polar surface area (TPSA) is 82.1 Å². The SMILES string of the molecule is COC(=O)[C@@H]1[C@@H](CC(=O)OC(C)(C)C)[C@@H](Sc2ccccc2OC)CN1C(=O)c1ccccc1. The van der Waals surface area contributed by atoms with Crippen LogP contribution in [0.4, 0.5) is 0 Å². The summed E-state index contributed by atoms with van der Waals surface area (Å²) >= 11 is 1.48. The van der Waals surface area contributed by atoms with E-state index in [1.807, 2.05) is 30.3 Å². The minimum Gasteiger partial charge on any atom is -0.496 e. The average molecular weight is 486 g/mol. The minimum absolute atomic E-state index is 0.0254.